The molecule has 1 saturated heterocycles. The molecule has 1 rings (SSSR count). The van der Waals surface area contributed by atoms with Gasteiger partial charge in [0, 0.05) is 19.6 Å². The van der Waals surface area contributed by atoms with E-state index in [0.717, 1.165) is 19.6 Å². The second-order valence-corrected chi connectivity index (χ2v) is 5.45. The number of carbonyl (C=O) groups is 1. The van der Waals surface area contributed by atoms with E-state index in [4.69, 9.17) is 15.2 Å². The van der Waals surface area contributed by atoms with Crippen molar-refractivity contribution in [2.45, 2.75) is 45.9 Å². The Labute approximate surface area is 110 Å². The summed E-state index contributed by atoms with van der Waals surface area (Å²) in [5.41, 5.74) is 5.72. The Morgan fingerprint density at radius 3 is 2.44 bits per heavy atom. The van der Waals surface area contributed by atoms with Crippen molar-refractivity contribution in [1.29, 1.82) is 0 Å². The van der Waals surface area contributed by atoms with E-state index < -0.39 is 6.04 Å². The van der Waals surface area contributed by atoms with Gasteiger partial charge in [0.1, 0.15) is 12.6 Å². The maximum absolute atomic E-state index is 11.6. The van der Waals surface area contributed by atoms with Crippen LogP contribution in [-0.2, 0) is 14.3 Å². The maximum Gasteiger partial charge on any atom is 0.323 e. The fourth-order valence-electron chi connectivity index (χ4n) is 2.11. The quantitative estimate of drug-likeness (QED) is 0.732. The number of nitrogens with zero attached hydrogens (tertiary/aromatic N) is 1. The van der Waals surface area contributed by atoms with E-state index in [-0.39, 0.29) is 24.1 Å². The van der Waals surface area contributed by atoms with Crippen LogP contribution in [0.3, 0.4) is 0 Å². The lowest BCUT2D eigenvalue weighted by Gasteiger charge is -2.35. The van der Waals surface area contributed by atoms with Crippen molar-refractivity contribution in [1.82, 2.24) is 4.90 Å². The summed E-state index contributed by atoms with van der Waals surface area (Å²) in [5, 5.41) is 0. The molecule has 0 amide bonds. The topological polar surface area (TPSA) is 64.8 Å². The van der Waals surface area contributed by atoms with Gasteiger partial charge in [-0.2, -0.15) is 0 Å². The number of hydrogen-bond donors (Lipinski definition) is 1. The second-order valence-electron chi connectivity index (χ2n) is 5.45. The van der Waals surface area contributed by atoms with Crippen LogP contribution in [0.2, 0.25) is 0 Å². The number of carbonyl (C=O) groups excluding carboxylic acids is 1. The number of rotatable bonds is 5. The Morgan fingerprint density at radius 1 is 1.39 bits per heavy atom. The number of morpholine rings is 1. The molecule has 2 N–H and O–H groups in total. The van der Waals surface area contributed by atoms with Crippen LogP contribution >= 0.6 is 0 Å². The lowest BCUT2D eigenvalue weighted by Crippen LogP contribution is -2.47. The minimum Gasteiger partial charge on any atom is -0.463 e. The van der Waals surface area contributed by atoms with Crippen molar-refractivity contribution >= 4 is 5.97 Å². The van der Waals surface area contributed by atoms with Gasteiger partial charge in [-0.05, 0) is 19.8 Å². The van der Waals surface area contributed by atoms with Crippen LogP contribution < -0.4 is 5.73 Å². The molecule has 1 aliphatic rings. The van der Waals surface area contributed by atoms with E-state index in [9.17, 15) is 4.79 Å². The van der Waals surface area contributed by atoms with Crippen LogP contribution in [0, 0.1) is 5.92 Å². The van der Waals surface area contributed by atoms with Crippen molar-refractivity contribution in [3.63, 3.8) is 0 Å². The fourth-order valence-corrected chi connectivity index (χ4v) is 2.11. The minimum absolute atomic E-state index is 0.112. The SMILES string of the molecule is CC1CN(CCOC(=O)C(N)C(C)C)CC(C)O1. The van der Waals surface area contributed by atoms with Gasteiger partial charge in [0.15, 0.2) is 0 Å². The van der Waals surface area contributed by atoms with E-state index in [2.05, 4.69) is 18.7 Å². The third-order valence-corrected chi connectivity index (χ3v) is 3.14. The minimum atomic E-state index is -0.521. The molecule has 3 atom stereocenters. The summed E-state index contributed by atoms with van der Waals surface area (Å²) >= 11 is 0. The largest absolute Gasteiger partial charge is 0.463 e. The van der Waals surface area contributed by atoms with E-state index in [0.29, 0.717) is 6.61 Å². The molecule has 0 aromatic carbocycles. The lowest BCUT2D eigenvalue weighted by atomic mass is 10.1. The van der Waals surface area contributed by atoms with Gasteiger partial charge in [-0.3, -0.25) is 9.69 Å². The summed E-state index contributed by atoms with van der Waals surface area (Å²) < 4.78 is 10.8. The Hall–Kier alpha value is -0.650. The summed E-state index contributed by atoms with van der Waals surface area (Å²) in [6.07, 6.45) is 0.477. The molecule has 0 saturated carbocycles. The summed E-state index contributed by atoms with van der Waals surface area (Å²) in [6, 6.07) is -0.521. The molecule has 106 valence electrons. The van der Waals surface area contributed by atoms with E-state index in [1.165, 1.54) is 0 Å². The van der Waals surface area contributed by atoms with Crippen LogP contribution in [-0.4, -0.2) is 55.4 Å². The highest BCUT2D eigenvalue weighted by Gasteiger charge is 2.23. The van der Waals surface area contributed by atoms with Gasteiger partial charge in [0.05, 0.1) is 12.2 Å². The van der Waals surface area contributed by atoms with E-state index >= 15 is 0 Å². The Balaban J connectivity index is 2.23. The van der Waals surface area contributed by atoms with Crippen molar-refractivity contribution in [2.24, 2.45) is 11.7 Å². The molecule has 1 heterocycles. The van der Waals surface area contributed by atoms with Gasteiger partial charge >= 0.3 is 5.97 Å². The molecule has 0 aromatic rings. The van der Waals surface area contributed by atoms with Gasteiger partial charge in [0.2, 0.25) is 0 Å². The maximum atomic E-state index is 11.6. The first-order chi connectivity index (χ1) is 8.40. The first-order valence-corrected chi connectivity index (χ1v) is 6.70. The number of esters is 1. The molecule has 18 heavy (non-hydrogen) atoms. The van der Waals surface area contributed by atoms with Crippen LogP contribution in [0.1, 0.15) is 27.7 Å². The molecule has 0 aromatic heterocycles. The van der Waals surface area contributed by atoms with E-state index in [1.54, 1.807) is 0 Å². The Bertz CT molecular complexity index is 261. The van der Waals surface area contributed by atoms with Crippen molar-refractivity contribution < 1.29 is 14.3 Å². The molecule has 1 aliphatic heterocycles. The molecule has 0 radical (unpaired) electrons. The standard InChI is InChI=1S/C13H26N2O3/c1-9(2)12(14)13(16)17-6-5-15-7-10(3)18-11(4)8-15/h9-12H,5-8,14H2,1-4H3. The van der Waals surface area contributed by atoms with Crippen LogP contribution in [0.15, 0.2) is 0 Å². The average molecular weight is 258 g/mol. The normalized spacial score (nSPS) is 27.2. The van der Waals surface area contributed by atoms with Gasteiger partial charge in [-0.1, -0.05) is 13.8 Å². The third kappa shape index (κ3) is 4.92. The van der Waals surface area contributed by atoms with E-state index in [1.807, 2.05) is 13.8 Å². The highest BCUT2D eigenvalue weighted by molar-refractivity contribution is 5.75. The molecule has 1 fully saturated rings. The number of nitrogens with two attached hydrogens (primary N) is 1. The summed E-state index contributed by atoms with van der Waals surface area (Å²) in [5.74, 6) is -0.194. The Kier molecular flexibility index (Phi) is 6.05. The van der Waals surface area contributed by atoms with Crippen LogP contribution in [0.25, 0.3) is 0 Å². The van der Waals surface area contributed by atoms with Crippen LogP contribution in [0.5, 0.6) is 0 Å². The molecule has 5 nitrogen and oxygen atoms in total. The molecule has 0 bridgehead atoms. The van der Waals surface area contributed by atoms with Crippen molar-refractivity contribution in [3.8, 4) is 0 Å². The number of ether oxygens (including phenoxy) is 2. The van der Waals surface area contributed by atoms with Gasteiger partial charge in [-0.15, -0.1) is 0 Å². The number of hydrogen-bond acceptors (Lipinski definition) is 5. The van der Waals surface area contributed by atoms with Crippen LogP contribution in [0.4, 0.5) is 0 Å². The van der Waals surface area contributed by atoms with Crippen molar-refractivity contribution in [3.05, 3.63) is 0 Å². The zero-order valence-electron chi connectivity index (χ0n) is 11.9. The molecule has 0 spiro atoms. The molecule has 5 heteroatoms. The summed E-state index contributed by atoms with van der Waals surface area (Å²) in [7, 11) is 0. The predicted octanol–water partition coefficient (Wildman–Crippen LogP) is 0.622. The lowest BCUT2D eigenvalue weighted by molar-refractivity contribution is -0.147. The highest BCUT2D eigenvalue weighted by Crippen LogP contribution is 2.10. The Morgan fingerprint density at radius 2 is 1.94 bits per heavy atom. The first kappa shape index (κ1) is 15.4. The summed E-state index contributed by atoms with van der Waals surface area (Å²) in [4.78, 5) is 13.8. The zero-order chi connectivity index (χ0) is 13.7. The molecule has 3 unspecified atom stereocenters. The fraction of sp³-hybridized carbons (Fsp3) is 0.923. The van der Waals surface area contributed by atoms with Gasteiger partial charge < -0.3 is 15.2 Å². The predicted molar refractivity (Wildman–Crippen MR) is 70.2 cm³/mol. The monoisotopic (exact) mass is 258 g/mol. The zero-order valence-corrected chi connectivity index (χ0v) is 11.9. The molecule has 0 aliphatic carbocycles. The van der Waals surface area contributed by atoms with Gasteiger partial charge in [-0.25, -0.2) is 0 Å². The van der Waals surface area contributed by atoms with Gasteiger partial charge in [0.25, 0.3) is 0 Å². The average Bonchev–Trinajstić information content (AvgIpc) is 2.26. The highest BCUT2D eigenvalue weighted by atomic mass is 16.5. The third-order valence-electron chi connectivity index (χ3n) is 3.14. The summed E-state index contributed by atoms with van der Waals surface area (Å²) in [6.45, 7) is 10.9. The smallest absolute Gasteiger partial charge is 0.323 e. The van der Waals surface area contributed by atoms with Crippen molar-refractivity contribution in [2.75, 3.05) is 26.2 Å². The molecular formula is C13H26N2O3. The first-order valence-electron chi connectivity index (χ1n) is 6.70. The molecular weight excluding hydrogens is 232 g/mol. The second kappa shape index (κ2) is 7.07.